The second-order valence-corrected chi connectivity index (χ2v) is 7.11. The largest absolute Gasteiger partial charge is 0.354 e. The zero-order chi connectivity index (χ0) is 14.6. The summed E-state index contributed by atoms with van der Waals surface area (Å²) in [7, 11) is 4.14. The number of carbonyl (C=O) groups is 1. The lowest BCUT2D eigenvalue weighted by atomic mass is 9.93. The quantitative estimate of drug-likeness (QED) is 0.795. The van der Waals surface area contributed by atoms with Crippen LogP contribution in [-0.4, -0.2) is 61.5 Å². The Morgan fingerprint density at radius 2 is 2.05 bits per heavy atom. The summed E-state index contributed by atoms with van der Waals surface area (Å²) in [5.41, 5.74) is 0.112. The van der Waals surface area contributed by atoms with E-state index in [4.69, 9.17) is 0 Å². The van der Waals surface area contributed by atoms with Gasteiger partial charge in [-0.2, -0.15) is 0 Å². The molecule has 0 saturated carbocycles. The van der Waals surface area contributed by atoms with Crippen LogP contribution in [0.1, 0.15) is 40.5 Å². The number of hydrogen-bond donors (Lipinski definition) is 1. The van der Waals surface area contributed by atoms with Crippen molar-refractivity contribution >= 4 is 5.91 Å². The highest BCUT2D eigenvalue weighted by Gasteiger charge is 2.32. The fourth-order valence-electron chi connectivity index (χ4n) is 3.04. The second kappa shape index (κ2) is 6.71. The number of rotatable bonds is 6. The first-order valence-corrected chi connectivity index (χ1v) is 7.41. The van der Waals surface area contributed by atoms with Gasteiger partial charge in [0.2, 0.25) is 5.91 Å². The van der Waals surface area contributed by atoms with Gasteiger partial charge in [-0.25, -0.2) is 0 Å². The maximum Gasteiger partial charge on any atom is 0.237 e. The highest BCUT2D eigenvalue weighted by Crippen LogP contribution is 2.21. The van der Waals surface area contributed by atoms with Crippen LogP contribution in [0.4, 0.5) is 0 Å². The Morgan fingerprint density at radius 3 is 2.58 bits per heavy atom. The first kappa shape index (κ1) is 16.4. The number of carbonyl (C=O) groups excluding carboxylic acids is 1. The molecule has 0 spiro atoms. The van der Waals surface area contributed by atoms with Crippen molar-refractivity contribution in [2.45, 2.75) is 52.6 Å². The molecule has 0 aromatic carbocycles. The van der Waals surface area contributed by atoms with E-state index in [9.17, 15) is 4.79 Å². The van der Waals surface area contributed by atoms with Crippen LogP contribution in [0.3, 0.4) is 0 Å². The third-order valence-electron chi connectivity index (χ3n) is 3.75. The third kappa shape index (κ3) is 5.11. The van der Waals surface area contributed by atoms with Gasteiger partial charge in [0.15, 0.2) is 0 Å². The molecule has 0 aliphatic carbocycles. The maximum absolute atomic E-state index is 12.3. The Hall–Kier alpha value is -0.610. The highest BCUT2D eigenvalue weighted by molar-refractivity contribution is 5.82. The SMILES string of the molecule is CC(C)N1CCCC1C(=O)NCC(C)(C)CN(C)C. The van der Waals surface area contributed by atoms with Gasteiger partial charge in [0.25, 0.3) is 0 Å². The molecular formula is C15H31N3O. The van der Waals surface area contributed by atoms with E-state index in [1.807, 2.05) is 0 Å². The van der Waals surface area contributed by atoms with E-state index in [0.717, 1.165) is 32.5 Å². The monoisotopic (exact) mass is 269 g/mol. The predicted octanol–water partition coefficient (Wildman–Crippen LogP) is 1.56. The van der Waals surface area contributed by atoms with Crippen LogP contribution in [0.2, 0.25) is 0 Å². The van der Waals surface area contributed by atoms with E-state index in [-0.39, 0.29) is 17.4 Å². The molecule has 0 bridgehead atoms. The molecule has 1 unspecified atom stereocenters. The van der Waals surface area contributed by atoms with E-state index in [0.29, 0.717) is 6.04 Å². The minimum Gasteiger partial charge on any atom is -0.354 e. The fraction of sp³-hybridized carbons (Fsp3) is 0.933. The van der Waals surface area contributed by atoms with Gasteiger partial charge in [-0.3, -0.25) is 9.69 Å². The molecular weight excluding hydrogens is 238 g/mol. The summed E-state index contributed by atoms with van der Waals surface area (Å²) >= 11 is 0. The molecule has 1 atom stereocenters. The molecule has 1 N–H and O–H groups in total. The van der Waals surface area contributed by atoms with Crippen molar-refractivity contribution in [3.63, 3.8) is 0 Å². The Morgan fingerprint density at radius 1 is 1.42 bits per heavy atom. The van der Waals surface area contributed by atoms with E-state index < -0.39 is 0 Å². The van der Waals surface area contributed by atoms with Gasteiger partial charge in [0.05, 0.1) is 6.04 Å². The Kier molecular flexibility index (Phi) is 5.81. The molecule has 1 aliphatic rings. The Balaban J connectivity index is 2.47. The Labute approximate surface area is 118 Å². The van der Waals surface area contributed by atoms with Gasteiger partial charge in [-0.15, -0.1) is 0 Å². The van der Waals surface area contributed by atoms with Gasteiger partial charge in [-0.1, -0.05) is 13.8 Å². The molecule has 0 aromatic heterocycles. The zero-order valence-corrected chi connectivity index (χ0v) is 13.5. The molecule has 112 valence electrons. The third-order valence-corrected chi connectivity index (χ3v) is 3.75. The smallest absolute Gasteiger partial charge is 0.237 e. The van der Waals surface area contributed by atoms with Crippen molar-refractivity contribution in [3.8, 4) is 0 Å². The zero-order valence-electron chi connectivity index (χ0n) is 13.5. The molecule has 19 heavy (non-hydrogen) atoms. The van der Waals surface area contributed by atoms with Crippen LogP contribution in [0.15, 0.2) is 0 Å². The molecule has 0 aromatic rings. The van der Waals surface area contributed by atoms with Crippen LogP contribution in [-0.2, 0) is 4.79 Å². The molecule has 1 aliphatic heterocycles. The lowest BCUT2D eigenvalue weighted by Gasteiger charge is -2.31. The van der Waals surface area contributed by atoms with Crippen LogP contribution in [0.5, 0.6) is 0 Å². The van der Waals surface area contributed by atoms with Crippen molar-refractivity contribution in [1.29, 1.82) is 0 Å². The average molecular weight is 269 g/mol. The van der Waals surface area contributed by atoms with E-state index in [2.05, 4.69) is 56.9 Å². The van der Waals surface area contributed by atoms with Crippen LogP contribution in [0, 0.1) is 5.41 Å². The normalized spacial score (nSPS) is 21.4. The maximum atomic E-state index is 12.3. The lowest BCUT2D eigenvalue weighted by Crippen LogP contribution is -2.49. The van der Waals surface area contributed by atoms with Crippen molar-refractivity contribution in [2.75, 3.05) is 33.7 Å². The topological polar surface area (TPSA) is 35.6 Å². The average Bonchev–Trinajstić information content (AvgIpc) is 2.73. The standard InChI is InChI=1S/C15H31N3O/c1-12(2)18-9-7-8-13(18)14(19)16-10-15(3,4)11-17(5)6/h12-13H,7-11H2,1-6H3,(H,16,19). The van der Waals surface area contributed by atoms with Crippen molar-refractivity contribution in [1.82, 2.24) is 15.1 Å². The number of likely N-dealkylation sites (tertiary alicyclic amines) is 1. The van der Waals surface area contributed by atoms with Crippen molar-refractivity contribution < 1.29 is 4.79 Å². The summed E-state index contributed by atoms with van der Waals surface area (Å²) in [6.07, 6.45) is 2.13. The van der Waals surface area contributed by atoms with E-state index in [1.54, 1.807) is 0 Å². The van der Waals surface area contributed by atoms with E-state index >= 15 is 0 Å². The molecule has 1 heterocycles. The summed E-state index contributed by atoms with van der Waals surface area (Å²) in [5.74, 6) is 0.207. The van der Waals surface area contributed by atoms with Crippen LogP contribution < -0.4 is 5.32 Å². The van der Waals surface area contributed by atoms with Crippen molar-refractivity contribution in [2.24, 2.45) is 5.41 Å². The Bertz CT molecular complexity index is 300. The van der Waals surface area contributed by atoms with Crippen molar-refractivity contribution in [3.05, 3.63) is 0 Å². The van der Waals surface area contributed by atoms with Gasteiger partial charge in [0, 0.05) is 19.1 Å². The number of amides is 1. The highest BCUT2D eigenvalue weighted by atomic mass is 16.2. The van der Waals surface area contributed by atoms with Crippen LogP contribution >= 0.6 is 0 Å². The molecule has 1 amide bonds. The summed E-state index contributed by atoms with van der Waals surface area (Å²) < 4.78 is 0. The summed E-state index contributed by atoms with van der Waals surface area (Å²) in [4.78, 5) is 16.8. The molecule has 1 saturated heterocycles. The summed E-state index contributed by atoms with van der Waals surface area (Å²) in [6, 6.07) is 0.531. The van der Waals surface area contributed by atoms with Gasteiger partial charge >= 0.3 is 0 Å². The van der Waals surface area contributed by atoms with Gasteiger partial charge in [0.1, 0.15) is 0 Å². The predicted molar refractivity (Wildman–Crippen MR) is 80.2 cm³/mol. The lowest BCUT2D eigenvalue weighted by molar-refractivity contribution is -0.126. The molecule has 1 fully saturated rings. The molecule has 4 heteroatoms. The van der Waals surface area contributed by atoms with Crippen LogP contribution in [0.25, 0.3) is 0 Å². The first-order valence-electron chi connectivity index (χ1n) is 7.41. The minimum atomic E-state index is 0.0788. The molecule has 1 rings (SSSR count). The fourth-order valence-corrected chi connectivity index (χ4v) is 3.04. The van der Waals surface area contributed by atoms with Gasteiger partial charge in [-0.05, 0) is 52.7 Å². The second-order valence-electron chi connectivity index (χ2n) is 7.11. The molecule has 0 radical (unpaired) electrons. The molecule has 4 nitrogen and oxygen atoms in total. The number of nitrogens with one attached hydrogen (secondary N) is 1. The summed E-state index contributed by atoms with van der Waals surface area (Å²) in [5, 5.41) is 3.15. The summed E-state index contributed by atoms with van der Waals surface area (Å²) in [6.45, 7) is 11.5. The first-order chi connectivity index (χ1) is 8.73. The van der Waals surface area contributed by atoms with E-state index in [1.165, 1.54) is 0 Å². The number of nitrogens with zero attached hydrogens (tertiary/aromatic N) is 2. The number of hydrogen-bond acceptors (Lipinski definition) is 3. The minimum absolute atomic E-state index is 0.0788. The van der Waals surface area contributed by atoms with Gasteiger partial charge < -0.3 is 10.2 Å².